The zero-order chi connectivity index (χ0) is 14.3. The Morgan fingerprint density at radius 2 is 2.15 bits per heavy atom. The first-order chi connectivity index (χ1) is 9.06. The second-order valence-corrected chi connectivity index (χ2v) is 4.08. The van der Waals surface area contributed by atoms with Crippen LogP contribution >= 0.6 is 12.4 Å². The Bertz CT molecular complexity index is 462. The van der Waals surface area contributed by atoms with Crippen molar-refractivity contribution in [2.45, 2.75) is 19.4 Å². The van der Waals surface area contributed by atoms with E-state index in [-0.39, 0.29) is 25.1 Å². The van der Waals surface area contributed by atoms with Crippen LogP contribution in [0.3, 0.4) is 0 Å². The third-order valence-corrected chi connectivity index (χ3v) is 2.43. The minimum absolute atomic E-state index is 0. The predicted molar refractivity (Wildman–Crippen MR) is 80.3 cm³/mol. The Labute approximate surface area is 124 Å². The number of carbonyl (C=O) groups is 1. The highest BCUT2D eigenvalue weighted by molar-refractivity contribution is 5.85. The van der Waals surface area contributed by atoms with Crippen LogP contribution in [0.4, 0.5) is 0 Å². The van der Waals surface area contributed by atoms with Crippen LogP contribution in [0.1, 0.15) is 18.9 Å². The maximum absolute atomic E-state index is 10.9. The van der Waals surface area contributed by atoms with Crippen molar-refractivity contribution in [3.8, 4) is 11.5 Å². The van der Waals surface area contributed by atoms with E-state index in [9.17, 15) is 4.79 Å². The van der Waals surface area contributed by atoms with Gasteiger partial charge in [-0.15, -0.1) is 12.4 Å². The van der Waals surface area contributed by atoms with Gasteiger partial charge in [-0.1, -0.05) is 18.2 Å². The number of ether oxygens (including phenoxy) is 2. The van der Waals surface area contributed by atoms with Crippen molar-refractivity contribution in [2.24, 2.45) is 5.73 Å². The quantitative estimate of drug-likeness (QED) is 0.618. The van der Waals surface area contributed by atoms with Crippen LogP contribution in [0.15, 0.2) is 24.3 Å². The molecule has 0 aliphatic carbocycles. The number of hydrogen-bond acceptors (Lipinski definition) is 5. The molecule has 0 heterocycles. The lowest BCUT2D eigenvalue weighted by Crippen LogP contribution is -2.22. The lowest BCUT2D eigenvalue weighted by atomic mass is 10.1. The standard InChI is InChI=1S/C14H19NO4.ClH/c1-10(17)19-13-7-6-11(8-14(13)18-2)4-3-5-12(15)9-16;/h3-4,6-8,12,16H,5,9,15H2,1-2H3;1H/b4-3+;. The molecule has 20 heavy (non-hydrogen) atoms. The summed E-state index contributed by atoms with van der Waals surface area (Å²) in [6.45, 7) is 1.29. The Balaban J connectivity index is 0.00000361. The van der Waals surface area contributed by atoms with E-state index in [1.54, 1.807) is 12.1 Å². The first-order valence-corrected chi connectivity index (χ1v) is 5.96. The minimum Gasteiger partial charge on any atom is -0.493 e. The molecule has 3 N–H and O–H groups in total. The normalized spacial score (nSPS) is 11.8. The molecule has 0 bridgehead atoms. The Hall–Kier alpha value is -1.56. The molecule has 6 heteroatoms. The van der Waals surface area contributed by atoms with Crippen LogP contribution in [-0.4, -0.2) is 30.8 Å². The van der Waals surface area contributed by atoms with Gasteiger partial charge in [-0.2, -0.15) is 0 Å². The lowest BCUT2D eigenvalue weighted by Gasteiger charge is -2.08. The number of aliphatic hydroxyl groups is 1. The molecule has 1 aromatic carbocycles. The van der Waals surface area contributed by atoms with Crippen LogP contribution in [0, 0.1) is 0 Å². The van der Waals surface area contributed by atoms with E-state index in [0.717, 1.165) is 5.56 Å². The van der Waals surface area contributed by atoms with Gasteiger partial charge in [0.05, 0.1) is 13.7 Å². The number of halogens is 1. The van der Waals surface area contributed by atoms with Crippen LogP contribution in [0.2, 0.25) is 0 Å². The fraction of sp³-hybridized carbons (Fsp3) is 0.357. The number of carbonyl (C=O) groups excluding carboxylic acids is 1. The molecule has 0 radical (unpaired) electrons. The van der Waals surface area contributed by atoms with Gasteiger partial charge in [-0.3, -0.25) is 4.79 Å². The van der Waals surface area contributed by atoms with E-state index < -0.39 is 5.97 Å². The molecule has 0 aliphatic heterocycles. The molecule has 1 aromatic rings. The van der Waals surface area contributed by atoms with Gasteiger partial charge in [-0.25, -0.2) is 0 Å². The van der Waals surface area contributed by atoms with Gasteiger partial charge in [0.15, 0.2) is 11.5 Å². The average molecular weight is 302 g/mol. The molecule has 5 nitrogen and oxygen atoms in total. The Kier molecular flexibility index (Phi) is 8.63. The topological polar surface area (TPSA) is 81.8 Å². The summed E-state index contributed by atoms with van der Waals surface area (Å²) in [4.78, 5) is 10.9. The zero-order valence-corrected chi connectivity index (χ0v) is 12.4. The fourth-order valence-electron chi connectivity index (χ4n) is 1.48. The SMILES string of the molecule is COc1cc(/C=C/CC(N)CO)ccc1OC(C)=O.Cl. The van der Waals surface area contributed by atoms with Gasteiger partial charge >= 0.3 is 5.97 Å². The molecule has 1 rings (SSSR count). The molecule has 0 amide bonds. The Morgan fingerprint density at radius 1 is 1.45 bits per heavy atom. The molecular weight excluding hydrogens is 282 g/mol. The van der Waals surface area contributed by atoms with E-state index in [0.29, 0.717) is 17.9 Å². The van der Waals surface area contributed by atoms with Crippen molar-refractivity contribution in [1.29, 1.82) is 0 Å². The monoisotopic (exact) mass is 301 g/mol. The average Bonchev–Trinajstić information content (AvgIpc) is 2.39. The summed E-state index contributed by atoms with van der Waals surface area (Å²) >= 11 is 0. The minimum atomic E-state index is -0.393. The molecule has 0 saturated heterocycles. The fourth-order valence-corrected chi connectivity index (χ4v) is 1.48. The smallest absolute Gasteiger partial charge is 0.308 e. The third kappa shape index (κ3) is 6.06. The van der Waals surface area contributed by atoms with Crippen molar-refractivity contribution in [3.05, 3.63) is 29.8 Å². The molecule has 0 fully saturated rings. The van der Waals surface area contributed by atoms with Crippen LogP contribution in [0.5, 0.6) is 11.5 Å². The zero-order valence-electron chi connectivity index (χ0n) is 11.5. The molecule has 0 spiro atoms. The van der Waals surface area contributed by atoms with Crippen molar-refractivity contribution in [2.75, 3.05) is 13.7 Å². The maximum Gasteiger partial charge on any atom is 0.308 e. The van der Waals surface area contributed by atoms with E-state index in [4.69, 9.17) is 20.3 Å². The van der Waals surface area contributed by atoms with Gasteiger partial charge in [-0.05, 0) is 24.1 Å². The summed E-state index contributed by atoms with van der Waals surface area (Å²) in [5.41, 5.74) is 6.49. The molecular formula is C14H20ClNO4. The second kappa shape index (κ2) is 9.36. The van der Waals surface area contributed by atoms with E-state index in [1.807, 2.05) is 18.2 Å². The first kappa shape index (κ1) is 18.4. The van der Waals surface area contributed by atoms with Crippen LogP contribution < -0.4 is 15.2 Å². The summed E-state index contributed by atoms with van der Waals surface area (Å²) in [5.74, 6) is 0.485. The summed E-state index contributed by atoms with van der Waals surface area (Å²) in [5, 5.41) is 8.81. The van der Waals surface area contributed by atoms with Gasteiger partial charge in [0, 0.05) is 13.0 Å². The summed E-state index contributed by atoms with van der Waals surface area (Å²) < 4.78 is 10.2. The molecule has 1 unspecified atom stereocenters. The Morgan fingerprint density at radius 3 is 2.70 bits per heavy atom. The lowest BCUT2D eigenvalue weighted by molar-refractivity contribution is -0.132. The molecule has 0 saturated carbocycles. The van der Waals surface area contributed by atoms with E-state index in [1.165, 1.54) is 14.0 Å². The summed E-state index contributed by atoms with van der Waals surface area (Å²) in [6.07, 6.45) is 4.33. The number of nitrogens with two attached hydrogens (primary N) is 1. The van der Waals surface area contributed by atoms with Gasteiger partial charge in [0.25, 0.3) is 0 Å². The largest absolute Gasteiger partial charge is 0.493 e. The van der Waals surface area contributed by atoms with Crippen molar-refractivity contribution in [3.63, 3.8) is 0 Å². The number of hydrogen-bond donors (Lipinski definition) is 2. The summed E-state index contributed by atoms with van der Waals surface area (Å²) in [7, 11) is 1.51. The highest BCUT2D eigenvalue weighted by Crippen LogP contribution is 2.28. The number of methoxy groups -OCH3 is 1. The predicted octanol–water partition coefficient (Wildman–Crippen LogP) is 1.77. The number of rotatable bonds is 6. The second-order valence-electron chi connectivity index (χ2n) is 4.08. The van der Waals surface area contributed by atoms with Crippen molar-refractivity contribution >= 4 is 24.5 Å². The number of aliphatic hydroxyl groups excluding tert-OH is 1. The van der Waals surface area contributed by atoms with Gasteiger partial charge in [0.2, 0.25) is 0 Å². The van der Waals surface area contributed by atoms with Crippen molar-refractivity contribution in [1.82, 2.24) is 0 Å². The van der Waals surface area contributed by atoms with Crippen LogP contribution in [-0.2, 0) is 4.79 Å². The number of benzene rings is 1. The van der Waals surface area contributed by atoms with Gasteiger partial charge in [0.1, 0.15) is 0 Å². The molecule has 112 valence electrons. The van der Waals surface area contributed by atoms with Gasteiger partial charge < -0.3 is 20.3 Å². The third-order valence-electron chi connectivity index (χ3n) is 2.43. The van der Waals surface area contributed by atoms with E-state index in [2.05, 4.69) is 0 Å². The van der Waals surface area contributed by atoms with E-state index >= 15 is 0 Å². The molecule has 1 atom stereocenters. The van der Waals surface area contributed by atoms with Crippen LogP contribution in [0.25, 0.3) is 6.08 Å². The first-order valence-electron chi connectivity index (χ1n) is 5.96. The highest BCUT2D eigenvalue weighted by Gasteiger charge is 2.06. The summed E-state index contributed by atoms with van der Waals surface area (Å²) in [6, 6.07) is 4.99. The molecule has 0 aromatic heterocycles. The highest BCUT2D eigenvalue weighted by atomic mass is 35.5. The number of esters is 1. The van der Waals surface area contributed by atoms with Crippen molar-refractivity contribution < 1.29 is 19.4 Å². The molecule has 0 aliphatic rings. The maximum atomic E-state index is 10.9.